The number of halogens is 3. The highest BCUT2D eigenvalue weighted by molar-refractivity contribution is 7.92. The fourth-order valence-electron chi connectivity index (χ4n) is 6.44. The van der Waals surface area contributed by atoms with Crippen LogP contribution in [0.15, 0.2) is 41.3 Å². The highest BCUT2D eigenvalue weighted by Gasteiger charge is 2.58. The molecule has 4 aliphatic rings. The van der Waals surface area contributed by atoms with Crippen molar-refractivity contribution in [1.82, 2.24) is 5.32 Å². The molecule has 0 saturated heterocycles. The first kappa shape index (κ1) is 23.7. The van der Waals surface area contributed by atoms with E-state index in [4.69, 9.17) is 5.73 Å². The SMILES string of the molecule is NC(=O)C12CC3CC(C1)C(NC(=O)c1cccc(NS(=O)(=O)c4cc(F)c(F)cc4F)c1)C(C3)C2. The number of sulfonamides is 1. The molecule has 186 valence electrons. The van der Waals surface area contributed by atoms with Gasteiger partial charge in [0.1, 0.15) is 10.7 Å². The minimum Gasteiger partial charge on any atom is -0.369 e. The third-order valence-corrected chi connectivity index (χ3v) is 9.13. The molecule has 0 aromatic heterocycles. The molecule has 2 aromatic rings. The van der Waals surface area contributed by atoms with Crippen molar-refractivity contribution in [3.63, 3.8) is 0 Å². The Hall–Kier alpha value is -3.08. The lowest BCUT2D eigenvalue weighted by Crippen LogP contribution is -2.62. The summed E-state index contributed by atoms with van der Waals surface area (Å²) >= 11 is 0. The van der Waals surface area contributed by atoms with Crippen molar-refractivity contribution >= 4 is 27.5 Å². The number of primary amides is 1. The zero-order chi connectivity index (χ0) is 25.1. The molecule has 4 fully saturated rings. The highest BCUT2D eigenvalue weighted by atomic mass is 32.2. The number of rotatable bonds is 6. The molecular formula is C24H24F3N3O4S. The minimum atomic E-state index is -4.59. The summed E-state index contributed by atoms with van der Waals surface area (Å²) in [5, 5.41) is 3.06. The second-order valence-corrected chi connectivity index (χ2v) is 11.6. The van der Waals surface area contributed by atoms with Gasteiger partial charge in [-0.25, -0.2) is 21.6 Å². The van der Waals surface area contributed by atoms with Crippen LogP contribution >= 0.6 is 0 Å². The third-order valence-electron chi connectivity index (χ3n) is 7.73. The molecule has 0 heterocycles. The molecule has 7 nitrogen and oxygen atoms in total. The maximum atomic E-state index is 14.0. The van der Waals surface area contributed by atoms with Gasteiger partial charge in [0.25, 0.3) is 15.9 Å². The van der Waals surface area contributed by atoms with E-state index < -0.39 is 43.7 Å². The number of hydrogen-bond donors (Lipinski definition) is 3. The van der Waals surface area contributed by atoms with E-state index in [2.05, 4.69) is 10.0 Å². The van der Waals surface area contributed by atoms with Crippen molar-refractivity contribution in [3.8, 4) is 0 Å². The second kappa shape index (κ2) is 8.25. The van der Waals surface area contributed by atoms with Crippen LogP contribution in [-0.2, 0) is 14.8 Å². The number of hydrogen-bond acceptors (Lipinski definition) is 4. The molecule has 4 aliphatic carbocycles. The average molecular weight is 508 g/mol. The number of nitrogens with two attached hydrogens (primary N) is 1. The Balaban J connectivity index is 1.32. The summed E-state index contributed by atoms with van der Waals surface area (Å²) in [7, 11) is -4.59. The van der Waals surface area contributed by atoms with Crippen molar-refractivity contribution in [2.24, 2.45) is 28.9 Å². The normalized spacial score (nSPS) is 29.1. The number of anilines is 1. The maximum absolute atomic E-state index is 14.0. The average Bonchev–Trinajstić information content (AvgIpc) is 2.77. The lowest BCUT2D eigenvalue weighted by molar-refractivity contribution is -0.145. The summed E-state index contributed by atoms with van der Waals surface area (Å²) in [5.41, 5.74) is 5.37. The van der Waals surface area contributed by atoms with Crippen LogP contribution in [-0.4, -0.2) is 26.3 Å². The van der Waals surface area contributed by atoms with E-state index in [1.54, 1.807) is 0 Å². The fraction of sp³-hybridized carbons (Fsp3) is 0.417. The van der Waals surface area contributed by atoms with Gasteiger partial charge in [-0.15, -0.1) is 0 Å². The highest BCUT2D eigenvalue weighted by Crippen LogP contribution is 2.59. The molecule has 11 heteroatoms. The van der Waals surface area contributed by atoms with Crippen LogP contribution in [0, 0.1) is 40.6 Å². The smallest absolute Gasteiger partial charge is 0.264 e. The van der Waals surface area contributed by atoms with Gasteiger partial charge < -0.3 is 11.1 Å². The number of carbonyl (C=O) groups excluding carboxylic acids is 2. The van der Waals surface area contributed by atoms with Crippen LogP contribution in [0.3, 0.4) is 0 Å². The van der Waals surface area contributed by atoms with Gasteiger partial charge in [-0.1, -0.05) is 6.07 Å². The largest absolute Gasteiger partial charge is 0.369 e. The molecule has 6 rings (SSSR count). The van der Waals surface area contributed by atoms with E-state index in [0.29, 0.717) is 18.8 Å². The van der Waals surface area contributed by atoms with E-state index in [-0.39, 0.29) is 47.2 Å². The van der Waals surface area contributed by atoms with Gasteiger partial charge in [-0.3, -0.25) is 14.3 Å². The van der Waals surface area contributed by atoms with E-state index in [0.717, 1.165) is 19.3 Å². The van der Waals surface area contributed by atoms with E-state index in [1.165, 1.54) is 24.3 Å². The molecule has 4 bridgehead atoms. The van der Waals surface area contributed by atoms with Gasteiger partial charge >= 0.3 is 0 Å². The van der Waals surface area contributed by atoms with Crippen LogP contribution in [0.25, 0.3) is 0 Å². The van der Waals surface area contributed by atoms with E-state index >= 15 is 0 Å². The lowest BCUT2D eigenvalue weighted by atomic mass is 9.47. The Bertz CT molecular complexity index is 1320. The quantitative estimate of drug-likeness (QED) is 0.520. The molecule has 4 N–H and O–H groups in total. The molecule has 2 amide bonds. The summed E-state index contributed by atoms with van der Waals surface area (Å²) in [6.07, 6.45) is 3.97. The van der Waals surface area contributed by atoms with Crippen LogP contribution in [0.1, 0.15) is 42.5 Å². The Morgan fingerprint density at radius 1 is 0.943 bits per heavy atom. The summed E-state index contributed by atoms with van der Waals surface area (Å²) in [4.78, 5) is 24.1. The zero-order valence-electron chi connectivity index (χ0n) is 18.6. The molecule has 35 heavy (non-hydrogen) atoms. The second-order valence-electron chi connectivity index (χ2n) is 10.00. The first-order valence-electron chi connectivity index (χ1n) is 11.4. The molecule has 4 saturated carbocycles. The maximum Gasteiger partial charge on any atom is 0.264 e. The van der Waals surface area contributed by atoms with Gasteiger partial charge in [-0.2, -0.15) is 0 Å². The summed E-state index contributed by atoms with van der Waals surface area (Å²) in [6.45, 7) is 0. The Morgan fingerprint density at radius 3 is 2.26 bits per heavy atom. The predicted molar refractivity (Wildman–Crippen MR) is 120 cm³/mol. The number of carbonyl (C=O) groups is 2. The Kier molecular flexibility index (Phi) is 5.58. The zero-order valence-corrected chi connectivity index (χ0v) is 19.4. The predicted octanol–water partition coefficient (Wildman–Crippen LogP) is 3.31. The number of nitrogens with one attached hydrogen (secondary N) is 2. The molecule has 0 spiro atoms. The van der Waals surface area contributed by atoms with Crippen molar-refractivity contribution in [2.75, 3.05) is 4.72 Å². The van der Waals surface area contributed by atoms with Gasteiger partial charge in [0.05, 0.1) is 0 Å². The van der Waals surface area contributed by atoms with Crippen LogP contribution < -0.4 is 15.8 Å². The fourth-order valence-corrected chi connectivity index (χ4v) is 7.56. The third kappa shape index (κ3) is 4.15. The van der Waals surface area contributed by atoms with Crippen LogP contribution in [0.5, 0.6) is 0 Å². The van der Waals surface area contributed by atoms with Crippen LogP contribution in [0.4, 0.5) is 18.9 Å². The molecular weight excluding hydrogens is 483 g/mol. The molecule has 2 aromatic carbocycles. The Morgan fingerprint density at radius 2 is 1.60 bits per heavy atom. The van der Waals surface area contributed by atoms with E-state index in [9.17, 15) is 31.2 Å². The van der Waals surface area contributed by atoms with Crippen molar-refractivity contribution in [3.05, 3.63) is 59.4 Å². The van der Waals surface area contributed by atoms with E-state index in [1.807, 2.05) is 0 Å². The first-order chi connectivity index (χ1) is 16.5. The number of benzene rings is 2. The minimum absolute atomic E-state index is 0.0421. The molecule has 0 radical (unpaired) electrons. The summed E-state index contributed by atoms with van der Waals surface area (Å²) < 4.78 is 67.9. The number of amides is 2. The monoisotopic (exact) mass is 507 g/mol. The van der Waals surface area contributed by atoms with Crippen molar-refractivity contribution in [1.29, 1.82) is 0 Å². The first-order valence-corrected chi connectivity index (χ1v) is 12.8. The molecule has 0 aliphatic heterocycles. The molecule has 2 unspecified atom stereocenters. The molecule has 2 atom stereocenters. The standard InChI is InChI=1S/C24H24F3N3O4S/c25-17-7-19(27)20(8-18(17)26)35(33,34)30-16-3-1-2-13(6-16)22(31)29-21-14-4-12-5-15(21)11-24(9-12,10-14)23(28)32/h1-3,6-8,12,14-15,21,30H,4-5,9-11H2,(H2,28,32)(H,29,31). The van der Waals surface area contributed by atoms with Gasteiger partial charge in [0.15, 0.2) is 11.6 Å². The van der Waals surface area contributed by atoms with Gasteiger partial charge in [0.2, 0.25) is 5.91 Å². The lowest BCUT2D eigenvalue weighted by Gasteiger charge is -2.58. The van der Waals surface area contributed by atoms with Crippen molar-refractivity contribution < 1.29 is 31.2 Å². The van der Waals surface area contributed by atoms with Gasteiger partial charge in [-0.05, 0) is 68.1 Å². The van der Waals surface area contributed by atoms with Gasteiger partial charge in [0, 0.05) is 34.8 Å². The Labute approximate surface area is 200 Å². The van der Waals surface area contributed by atoms with Crippen molar-refractivity contribution in [2.45, 2.75) is 43.0 Å². The topological polar surface area (TPSA) is 118 Å². The summed E-state index contributed by atoms with van der Waals surface area (Å²) in [5.74, 6) is -4.40. The van der Waals surface area contributed by atoms with Crippen LogP contribution in [0.2, 0.25) is 0 Å². The summed E-state index contributed by atoms with van der Waals surface area (Å²) in [6, 6.07) is 5.90.